The van der Waals surface area contributed by atoms with Gasteiger partial charge in [0.1, 0.15) is 0 Å². The minimum absolute atomic E-state index is 0.00292. The lowest BCUT2D eigenvalue weighted by Gasteiger charge is -2.30. The van der Waals surface area contributed by atoms with Crippen LogP contribution < -0.4 is 5.32 Å². The number of nitrogens with one attached hydrogen (secondary N) is 1. The normalized spacial score (nSPS) is 15.9. The van der Waals surface area contributed by atoms with Gasteiger partial charge in [-0.25, -0.2) is 8.42 Å². The summed E-state index contributed by atoms with van der Waals surface area (Å²) in [5, 5.41) is 18.0. The topological polar surface area (TPSA) is 127 Å². The molecular weight excluding hydrogens is 422 g/mol. The van der Waals surface area contributed by atoms with E-state index in [4.69, 9.17) is 11.6 Å². The Hall–Kier alpha value is -2.50. The first-order valence-electron chi connectivity index (χ1n) is 8.89. The Kier molecular flexibility index (Phi) is 6.20. The van der Waals surface area contributed by atoms with E-state index in [9.17, 15) is 23.3 Å². The van der Waals surface area contributed by atoms with Gasteiger partial charge in [-0.2, -0.15) is 9.40 Å². The van der Waals surface area contributed by atoms with Crippen LogP contribution in [-0.2, 0) is 28.4 Å². The summed E-state index contributed by atoms with van der Waals surface area (Å²) in [7, 11) is -2.03. The van der Waals surface area contributed by atoms with Gasteiger partial charge < -0.3 is 5.32 Å². The van der Waals surface area contributed by atoms with Gasteiger partial charge in [0, 0.05) is 38.2 Å². The number of aryl methyl sites for hydroxylation is 1. The van der Waals surface area contributed by atoms with Crippen molar-refractivity contribution in [2.75, 3.05) is 13.1 Å². The average Bonchev–Trinajstić information content (AvgIpc) is 3.03. The highest BCUT2D eigenvalue weighted by Crippen LogP contribution is 2.25. The largest absolute Gasteiger partial charge is 0.350 e. The fourth-order valence-corrected chi connectivity index (χ4v) is 4.90. The second kappa shape index (κ2) is 8.47. The number of nitrogens with zero attached hydrogens (tertiary/aromatic N) is 4. The monoisotopic (exact) mass is 441 g/mol. The van der Waals surface area contributed by atoms with E-state index in [0.717, 1.165) is 12.1 Å². The van der Waals surface area contributed by atoms with Crippen LogP contribution in [0.25, 0.3) is 0 Å². The van der Waals surface area contributed by atoms with Gasteiger partial charge in [-0.1, -0.05) is 11.6 Å². The molecule has 10 nitrogen and oxygen atoms in total. The molecule has 3 rings (SSSR count). The SMILES string of the molecule is Cn1ncc(Cl)c1CNC(=O)C1CCN(S(=O)(=O)c2ccc([N+](=O)[O-])cc2)CC1. The van der Waals surface area contributed by atoms with Crippen molar-refractivity contribution in [3.05, 3.63) is 51.3 Å². The Morgan fingerprint density at radius 2 is 1.93 bits per heavy atom. The van der Waals surface area contributed by atoms with Crippen LogP contribution in [0.15, 0.2) is 35.4 Å². The lowest BCUT2D eigenvalue weighted by molar-refractivity contribution is -0.384. The summed E-state index contributed by atoms with van der Waals surface area (Å²) in [5.41, 5.74) is 0.519. The van der Waals surface area contributed by atoms with Crippen molar-refractivity contribution < 1.29 is 18.1 Å². The lowest BCUT2D eigenvalue weighted by Crippen LogP contribution is -2.43. The van der Waals surface area contributed by atoms with Gasteiger partial charge in [-0.3, -0.25) is 19.6 Å². The van der Waals surface area contributed by atoms with Gasteiger partial charge in [-0.05, 0) is 25.0 Å². The van der Waals surface area contributed by atoms with E-state index in [1.807, 2.05) is 0 Å². The summed E-state index contributed by atoms with van der Waals surface area (Å²) < 4.78 is 28.4. The molecule has 12 heteroatoms. The number of aromatic nitrogens is 2. The third kappa shape index (κ3) is 4.57. The van der Waals surface area contributed by atoms with E-state index in [-0.39, 0.29) is 42.0 Å². The third-order valence-corrected chi connectivity index (χ3v) is 7.18. The number of amides is 1. The molecule has 1 fully saturated rings. The molecular formula is C17H20ClN5O5S. The number of halogens is 1. The number of hydrogen-bond acceptors (Lipinski definition) is 6. The molecule has 0 unspecified atom stereocenters. The predicted octanol–water partition coefficient (Wildman–Crippen LogP) is 1.70. The number of sulfonamides is 1. The summed E-state index contributed by atoms with van der Waals surface area (Å²) >= 11 is 6.02. The molecule has 1 aromatic heterocycles. The second-order valence-corrected chi connectivity index (χ2v) is 9.06. The predicted molar refractivity (Wildman–Crippen MR) is 105 cm³/mol. The van der Waals surface area contributed by atoms with Crippen LogP contribution in [0.1, 0.15) is 18.5 Å². The molecule has 1 aliphatic rings. The highest BCUT2D eigenvalue weighted by molar-refractivity contribution is 7.89. The highest BCUT2D eigenvalue weighted by Gasteiger charge is 2.32. The number of piperidine rings is 1. The number of non-ortho nitro benzene ring substituents is 1. The van der Waals surface area contributed by atoms with Crippen LogP contribution in [-0.4, -0.2) is 46.4 Å². The van der Waals surface area contributed by atoms with Crippen molar-refractivity contribution in [2.24, 2.45) is 13.0 Å². The number of benzene rings is 1. The fraction of sp³-hybridized carbons (Fsp3) is 0.412. The molecule has 0 aliphatic carbocycles. The van der Waals surface area contributed by atoms with Gasteiger partial charge in [0.25, 0.3) is 5.69 Å². The first-order valence-corrected chi connectivity index (χ1v) is 10.7. The van der Waals surface area contributed by atoms with Gasteiger partial charge in [0.2, 0.25) is 15.9 Å². The standard InChI is InChI=1S/C17H20ClN5O5S/c1-21-16(15(18)10-20-21)11-19-17(24)12-6-8-22(9-7-12)29(27,28)14-4-2-13(3-5-14)23(25)26/h2-5,10,12H,6-9,11H2,1H3,(H,19,24). The number of nitro groups is 1. The molecule has 156 valence electrons. The van der Waals surface area contributed by atoms with E-state index in [2.05, 4.69) is 10.4 Å². The van der Waals surface area contributed by atoms with Crippen molar-refractivity contribution in [3.8, 4) is 0 Å². The zero-order valence-corrected chi connectivity index (χ0v) is 17.2. The molecule has 1 amide bonds. The summed E-state index contributed by atoms with van der Waals surface area (Å²) in [5.74, 6) is -0.458. The molecule has 2 aromatic rings. The molecule has 1 aromatic carbocycles. The summed E-state index contributed by atoms with van der Waals surface area (Å²) in [6.07, 6.45) is 2.28. The Morgan fingerprint density at radius 3 is 2.45 bits per heavy atom. The second-order valence-electron chi connectivity index (χ2n) is 6.71. The average molecular weight is 442 g/mol. The van der Waals surface area contributed by atoms with E-state index >= 15 is 0 Å². The molecule has 0 spiro atoms. The molecule has 2 heterocycles. The third-order valence-electron chi connectivity index (χ3n) is 4.95. The number of nitro benzene ring substituents is 1. The Labute approximate surface area is 172 Å². The smallest absolute Gasteiger partial charge is 0.269 e. The quantitative estimate of drug-likeness (QED) is 0.536. The zero-order valence-electron chi connectivity index (χ0n) is 15.6. The van der Waals surface area contributed by atoms with Crippen LogP contribution in [0.5, 0.6) is 0 Å². The molecule has 0 atom stereocenters. The minimum atomic E-state index is -3.76. The van der Waals surface area contributed by atoms with E-state index in [1.54, 1.807) is 11.7 Å². The van der Waals surface area contributed by atoms with Crippen molar-refractivity contribution in [3.63, 3.8) is 0 Å². The maximum atomic E-state index is 12.7. The summed E-state index contributed by atoms with van der Waals surface area (Å²) in [6, 6.07) is 4.78. The fourth-order valence-electron chi connectivity index (χ4n) is 3.20. The summed E-state index contributed by atoms with van der Waals surface area (Å²) in [6.45, 7) is 0.642. The van der Waals surface area contributed by atoms with Gasteiger partial charge >= 0.3 is 0 Å². The van der Waals surface area contributed by atoms with Crippen molar-refractivity contribution in [1.29, 1.82) is 0 Å². The number of carbonyl (C=O) groups excluding carboxylic acids is 1. The van der Waals surface area contributed by atoms with Crippen molar-refractivity contribution in [2.45, 2.75) is 24.3 Å². The van der Waals surface area contributed by atoms with Gasteiger partial charge in [-0.15, -0.1) is 0 Å². The van der Waals surface area contributed by atoms with E-state index in [0.29, 0.717) is 23.6 Å². The molecule has 0 bridgehead atoms. The molecule has 29 heavy (non-hydrogen) atoms. The molecule has 0 radical (unpaired) electrons. The number of hydrogen-bond donors (Lipinski definition) is 1. The molecule has 1 saturated heterocycles. The Morgan fingerprint density at radius 1 is 1.31 bits per heavy atom. The molecule has 1 aliphatic heterocycles. The van der Waals surface area contributed by atoms with E-state index in [1.165, 1.54) is 22.6 Å². The Balaban J connectivity index is 1.57. The van der Waals surface area contributed by atoms with Crippen molar-refractivity contribution in [1.82, 2.24) is 19.4 Å². The van der Waals surface area contributed by atoms with Gasteiger partial charge in [0.05, 0.1) is 33.3 Å². The summed E-state index contributed by atoms with van der Waals surface area (Å²) in [4.78, 5) is 22.6. The zero-order chi connectivity index (χ0) is 21.2. The highest BCUT2D eigenvalue weighted by atomic mass is 35.5. The molecule has 0 saturated carbocycles. The van der Waals surface area contributed by atoms with Crippen LogP contribution in [0.2, 0.25) is 5.02 Å². The van der Waals surface area contributed by atoms with Crippen LogP contribution in [0, 0.1) is 16.0 Å². The first kappa shape index (κ1) is 21.2. The maximum Gasteiger partial charge on any atom is 0.269 e. The van der Waals surface area contributed by atoms with Crippen LogP contribution in [0.4, 0.5) is 5.69 Å². The first-order chi connectivity index (χ1) is 13.7. The van der Waals surface area contributed by atoms with Crippen molar-refractivity contribution >= 4 is 33.2 Å². The van der Waals surface area contributed by atoms with Gasteiger partial charge in [0.15, 0.2) is 0 Å². The van der Waals surface area contributed by atoms with Crippen LogP contribution >= 0.6 is 11.6 Å². The van der Waals surface area contributed by atoms with E-state index < -0.39 is 14.9 Å². The lowest BCUT2D eigenvalue weighted by atomic mass is 9.97. The molecule has 1 N–H and O–H groups in total. The number of rotatable bonds is 6. The number of carbonyl (C=O) groups is 1. The Bertz CT molecular complexity index is 994. The van der Waals surface area contributed by atoms with Crippen LogP contribution in [0.3, 0.4) is 0 Å². The minimum Gasteiger partial charge on any atom is -0.350 e. The maximum absolute atomic E-state index is 12.7.